The number of piperidine rings is 2. The van der Waals surface area contributed by atoms with Crippen molar-refractivity contribution in [3.05, 3.63) is 29.8 Å². The molecule has 3 rings (SSSR count). The van der Waals surface area contributed by atoms with Gasteiger partial charge in [0.05, 0.1) is 12.2 Å². The van der Waals surface area contributed by atoms with E-state index < -0.39 is 0 Å². The number of carbonyl (C=O) groups is 1. The van der Waals surface area contributed by atoms with Crippen LogP contribution >= 0.6 is 0 Å². The topological polar surface area (TPSA) is 53.0 Å². The van der Waals surface area contributed by atoms with Crippen molar-refractivity contribution < 1.29 is 14.6 Å². The van der Waals surface area contributed by atoms with Crippen LogP contribution in [-0.2, 0) is 0 Å². The fourth-order valence-electron chi connectivity index (χ4n) is 3.88. The van der Waals surface area contributed by atoms with Crippen molar-refractivity contribution in [1.82, 2.24) is 9.80 Å². The average molecular weight is 346 g/mol. The number of ether oxygens (including phenoxy) is 1. The molecule has 1 atom stereocenters. The first-order valence-corrected chi connectivity index (χ1v) is 9.51. The fraction of sp³-hybridized carbons (Fsp3) is 0.650. The van der Waals surface area contributed by atoms with Gasteiger partial charge in [0, 0.05) is 31.2 Å². The summed E-state index contributed by atoms with van der Waals surface area (Å²) in [7, 11) is 0. The van der Waals surface area contributed by atoms with E-state index in [0.717, 1.165) is 63.2 Å². The number of likely N-dealkylation sites (tertiary alicyclic amines) is 2. The summed E-state index contributed by atoms with van der Waals surface area (Å²) in [6, 6.07) is 7.95. The van der Waals surface area contributed by atoms with Crippen molar-refractivity contribution in [2.75, 3.05) is 26.2 Å². The van der Waals surface area contributed by atoms with Gasteiger partial charge in [-0.1, -0.05) is 0 Å². The summed E-state index contributed by atoms with van der Waals surface area (Å²) in [6.07, 6.45) is 3.93. The van der Waals surface area contributed by atoms with E-state index in [1.165, 1.54) is 0 Å². The van der Waals surface area contributed by atoms with E-state index in [2.05, 4.69) is 4.90 Å². The molecule has 0 aromatic heterocycles. The molecule has 2 aliphatic heterocycles. The highest BCUT2D eigenvalue weighted by Crippen LogP contribution is 2.23. The summed E-state index contributed by atoms with van der Waals surface area (Å²) in [5.41, 5.74) is 0.725. The quantitative estimate of drug-likeness (QED) is 0.910. The lowest BCUT2D eigenvalue weighted by Gasteiger charge is -2.41. The Morgan fingerprint density at radius 3 is 2.40 bits per heavy atom. The van der Waals surface area contributed by atoms with Gasteiger partial charge in [0.15, 0.2) is 0 Å². The van der Waals surface area contributed by atoms with Crippen LogP contribution in [0.15, 0.2) is 24.3 Å². The van der Waals surface area contributed by atoms with Crippen LogP contribution in [0.3, 0.4) is 0 Å². The van der Waals surface area contributed by atoms with Crippen LogP contribution in [-0.4, -0.2) is 65.2 Å². The molecule has 0 saturated carbocycles. The smallest absolute Gasteiger partial charge is 0.253 e. The van der Waals surface area contributed by atoms with Crippen LogP contribution in [0.4, 0.5) is 0 Å². The van der Waals surface area contributed by atoms with Gasteiger partial charge in [0.1, 0.15) is 5.75 Å². The van der Waals surface area contributed by atoms with Crippen LogP contribution in [0.1, 0.15) is 49.9 Å². The Hall–Kier alpha value is -1.59. The molecule has 1 amide bonds. The van der Waals surface area contributed by atoms with E-state index in [9.17, 15) is 9.90 Å². The summed E-state index contributed by atoms with van der Waals surface area (Å²) >= 11 is 0. The minimum atomic E-state index is -0.181. The monoisotopic (exact) mass is 346 g/mol. The number of aliphatic hydroxyl groups excluding tert-OH is 1. The maximum Gasteiger partial charge on any atom is 0.253 e. The normalized spacial score (nSPS) is 23.0. The molecule has 2 fully saturated rings. The average Bonchev–Trinajstić information content (AvgIpc) is 2.61. The van der Waals surface area contributed by atoms with Gasteiger partial charge in [-0.2, -0.15) is 0 Å². The predicted octanol–water partition coefficient (Wildman–Crippen LogP) is 2.54. The molecule has 2 heterocycles. The van der Waals surface area contributed by atoms with Gasteiger partial charge in [0.25, 0.3) is 5.91 Å². The molecular formula is C20H30N2O3. The van der Waals surface area contributed by atoms with E-state index in [4.69, 9.17) is 4.74 Å². The molecule has 1 aromatic carbocycles. The number of aliphatic hydroxyl groups is 1. The maximum atomic E-state index is 12.7. The molecule has 0 bridgehead atoms. The highest BCUT2D eigenvalue weighted by Gasteiger charge is 2.29. The third-order valence-corrected chi connectivity index (χ3v) is 5.17. The summed E-state index contributed by atoms with van der Waals surface area (Å²) in [5, 5.41) is 9.86. The van der Waals surface area contributed by atoms with E-state index >= 15 is 0 Å². The number of nitrogens with zero attached hydrogens (tertiary/aromatic N) is 2. The Bertz CT molecular complexity index is 565. The minimum absolute atomic E-state index is 0.105. The SMILES string of the molecule is CC(C)Oc1ccc(C(=O)N2CCC(N3CCC[C@H](O)C3)CC2)cc1. The summed E-state index contributed by atoms with van der Waals surface area (Å²) in [4.78, 5) is 17.1. The number of amides is 1. The molecular weight excluding hydrogens is 316 g/mol. The number of benzene rings is 1. The molecule has 0 radical (unpaired) electrons. The Labute approximate surface area is 150 Å². The molecule has 2 saturated heterocycles. The number of carbonyl (C=O) groups excluding carboxylic acids is 1. The predicted molar refractivity (Wildman–Crippen MR) is 97.9 cm³/mol. The zero-order chi connectivity index (χ0) is 17.8. The van der Waals surface area contributed by atoms with Gasteiger partial charge in [-0.05, 0) is 70.3 Å². The van der Waals surface area contributed by atoms with Gasteiger partial charge in [-0.3, -0.25) is 9.69 Å². The van der Waals surface area contributed by atoms with Gasteiger partial charge in [-0.15, -0.1) is 0 Å². The first-order chi connectivity index (χ1) is 12.0. The Kier molecular flexibility index (Phi) is 5.97. The number of rotatable bonds is 4. The van der Waals surface area contributed by atoms with E-state index in [1.807, 2.05) is 43.0 Å². The van der Waals surface area contributed by atoms with Crippen LogP contribution in [0, 0.1) is 0 Å². The molecule has 25 heavy (non-hydrogen) atoms. The van der Waals surface area contributed by atoms with E-state index in [-0.39, 0.29) is 18.1 Å². The fourth-order valence-corrected chi connectivity index (χ4v) is 3.88. The largest absolute Gasteiger partial charge is 0.491 e. The maximum absolute atomic E-state index is 12.7. The lowest BCUT2D eigenvalue weighted by molar-refractivity contribution is 0.0241. The van der Waals surface area contributed by atoms with Crippen molar-refractivity contribution in [1.29, 1.82) is 0 Å². The molecule has 5 nitrogen and oxygen atoms in total. The summed E-state index contributed by atoms with van der Waals surface area (Å²) in [5.74, 6) is 0.905. The van der Waals surface area contributed by atoms with Crippen LogP contribution in [0.5, 0.6) is 5.75 Å². The lowest BCUT2D eigenvalue weighted by atomic mass is 9.98. The summed E-state index contributed by atoms with van der Waals surface area (Å²) < 4.78 is 5.63. The van der Waals surface area contributed by atoms with Crippen molar-refractivity contribution in [3.8, 4) is 5.75 Å². The molecule has 0 aliphatic carbocycles. The Morgan fingerprint density at radius 1 is 1.12 bits per heavy atom. The second kappa shape index (κ2) is 8.19. The summed E-state index contributed by atoms with van der Waals surface area (Å²) in [6.45, 7) is 7.43. The van der Waals surface area contributed by atoms with Gasteiger partial charge < -0.3 is 14.7 Å². The standard InChI is InChI=1S/C20H30N2O3/c1-15(2)25-19-7-5-16(6-8-19)20(24)21-12-9-17(10-13-21)22-11-3-4-18(23)14-22/h5-8,15,17-18,23H,3-4,9-14H2,1-2H3/t18-/m0/s1. The molecule has 138 valence electrons. The van der Waals surface area contributed by atoms with E-state index in [1.54, 1.807) is 0 Å². The van der Waals surface area contributed by atoms with Crippen molar-refractivity contribution in [2.24, 2.45) is 0 Å². The van der Waals surface area contributed by atoms with Crippen LogP contribution in [0.25, 0.3) is 0 Å². The van der Waals surface area contributed by atoms with Gasteiger partial charge in [-0.25, -0.2) is 0 Å². The molecule has 5 heteroatoms. The van der Waals surface area contributed by atoms with Crippen molar-refractivity contribution in [2.45, 2.75) is 57.8 Å². The molecule has 0 spiro atoms. The minimum Gasteiger partial charge on any atom is -0.491 e. The highest BCUT2D eigenvalue weighted by atomic mass is 16.5. The number of β-amino-alcohol motifs (C(OH)–C–C–N with tert-alkyl or cyclic N) is 1. The highest BCUT2D eigenvalue weighted by molar-refractivity contribution is 5.94. The second-order valence-electron chi connectivity index (χ2n) is 7.51. The van der Waals surface area contributed by atoms with Crippen LogP contribution < -0.4 is 4.74 Å². The first kappa shape index (κ1) is 18.2. The first-order valence-electron chi connectivity index (χ1n) is 9.51. The third-order valence-electron chi connectivity index (χ3n) is 5.17. The van der Waals surface area contributed by atoms with Gasteiger partial charge >= 0.3 is 0 Å². The van der Waals surface area contributed by atoms with Crippen LogP contribution in [0.2, 0.25) is 0 Å². The number of hydrogen-bond acceptors (Lipinski definition) is 4. The second-order valence-corrected chi connectivity index (χ2v) is 7.51. The molecule has 1 N–H and O–H groups in total. The third kappa shape index (κ3) is 4.73. The molecule has 2 aliphatic rings. The molecule has 0 unspecified atom stereocenters. The van der Waals surface area contributed by atoms with E-state index in [0.29, 0.717) is 6.04 Å². The molecule has 1 aromatic rings. The lowest BCUT2D eigenvalue weighted by Crippen LogP contribution is -2.50. The van der Waals surface area contributed by atoms with Crippen molar-refractivity contribution in [3.63, 3.8) is 0 Å². The zero-order valence-electron chi connectivity index (χ0n) is 15.4. The van der Waals surface area contributed by atoms with Crippen molar-refractivity contribution >= 4 is 5.91 Å². The Morgan fingerprint density at radius 2 is 1.80 bits per heavy atom. The zero-order valence-corrected chi connectivity index (χ0v) is 15.4. The van der Waals surface area contributed by atoms with Gasteiger partial charge in [0.2, 0.25) is 0 Å². The Balaban J connectivity index is 1.52. The number of hydrogen-bond donors (Lipinski definition) is 1.